The summed E-state index contributed by atoms with van der Waals surface area (Å²) in [7, 11) is 0. The van der Waals surface area contributed by atoms with Crippen molar-refractivity contribution in [3.05, 3.63) is 28.2 Å². The van der Waals surface area contributed by atoms with Crippen molar-refractivity contribution >= 4 is 27.5 Å². The van der Waals surface area contributed by atoms with Crippen LogP contribution >= 0.6 is 27.5 Å². The Bertz CT molecular complexity index is 474. The lowest BCUT2D eigenvalue weighted by Gasteiger charge is -2.27. The first-order valence-electron chi connectivity index (χ1n) is 5.68. The Morgan fingerprint density at radius 2 is 1.67 bits per heavy atom. The first-order chi connectivity index (χ1) is 9.48. The van der Waals surface area contributed by atoms with Gasteiger partial charge in [0.2, 0.25) is 0 Å². The van der Waals surface area contributed by atoms with Gasteiger partial charge in [0.25, 0.3) is 0 Å². The van der Waals surface area contributed by atoms with Gasteiger partial charge in [0.1, 0.15) is 5.75 Å². The molecule has 0 aromatic heterocycles. The maximum Gasteiger partial charge on any atom is 0.402 e. The summed E-state index contributed by atoms with van der Waals surface area (Å²) >= 11 is 8.39. The molecule has 120 valence electrons. The minimum atomic E-state index is -5.50. The lowest BCUT2D eigenvalue weighted by molar-refractivity contribution is -0.284. The third-order valence-electron chi connectivity index (χ3n) is 2.58. The second-order valence-electron chi connectivity index (χ2n) is 4.08. The molecule has 1 nitrogen and oxygen atoms in total. The van der Waals surface area contributed by atoms with Crippen molar-refractivity contribution < 1.29 is 31.1 Å². The van der Waals surface area contributed by atoms with Gasteiger partial charge in [0.15, 0.2) is 5.92 Å². The molecule has 0 saturated carbocycles. The van der Waals surface area contributed by atoms with E-state index in [0.717, 1.165) is 6.07 Å². The van der Waals surface area contributed by atoms with Crippen LogP contribution in [0, 0.1) is 5.92 Å². The number of benzene rings is 1. The van der Waals surface area contributed by atoms with Crippen molar-refractivity contribution in [3.8, 4) is 5.75 Å². The van der Waals surface area contributed by atoms with Crippen LogP contribution in [-0.2, 0) is 0 Å². The van der Waals surface area contributed by atoms with E-state index in [2.05, 4.69) is 15.9 Å². The molecule has 1 rings (SSSR count). The number of ether oxygens (including phenoxy) is 1. The summed E-state index contributed by atoms with van der Waals surface area (Å²) in [5.41, 5.74) is -0.306. The van der Waals surface area contributed by atoms with Crippen LogP contribution in [0.1, 0.15) is 17.9 Å². The number of hydrogen-bond donors (Lipinski definition) is 0. The number of halogens is 8. The van der Waals surface area contributed by atoms with Gasteiger partial charge in [0, 0.05) is 4.47 Å². The van der Waals surface area contributed by atoms with E-state index in [0.29, 0.717) is 12.4 Å². The number of hydrogen-bond acceptors (Lipinski definition) is 1. The second-order valence-corrected chi connectivity index (χ2v) is 5.40. The Morgan fingerprint density at radius 1 is 1.14 bits per heavy atom. The van der Waals surface area contributed by atoms with Crippen LogP contribution in [0.5, 0.6) is 5.75 Å². The molecule has 0 radical (unpaired) electrons. The molecular weight excluding hydrogens is 389 g/mol. The SMILES string of the molecule is CCOc1ccc(C(Cl)C(C(F)(F)F)C(F)(F)F)c(Br)c1. The molecule has 1 aromatic carbocycles. The van der Waals surface area contributed by atoms with Crippen molar-refractivity contribution in [3.63, 3.8) is 0 Å². The fraction of sp³-hybridized carbons (Fsp3) is 0.500. The molecule has 9 heteroatoms. The highest BCUT2D eigenvalue weighted by Crippen LogP contribution is 2.50. The molecule has 0 saturated heterocycles. The van der Waals surface area contributed by atoms with E-state index in [1.807, 2.05) is 0 Å². The van der Waals surface area contributed by atoms with Gasteiger partial charge < -0.3 is 4.74 Å². The predicted molar refractivity (Wildman–Crippen MR) is 69.5 cm³/mol. The summed E-state index contributed by atoms with van der Waals surface area (Å²) in [4.78, 5) is 0. The van der Waals surface area contributed by atoms with E-state index in [-0.39, 0.29) is 10.0 Å². The molecule has 0 bridgehead atoms. The lowest BCUT2D eigenvalue weighted by atomic mass is 9.97. The van der Waals surface area contributed by atoms with E-state index in [1.165, 1.54) is 12.1 Å². The van der Waals surface area contributed by atoms with Gasteiger partial charge in [-0.05, 0) is 24.6 Å². The van der Waals surface area contributed by atoms with Crippen molar-refractivity contribution in [2.45, 2.75) is 24.7 Å². The zero-order chi connectivity index (χ0) is 16.4. The van der Waals surface area contributed by atoms with Crippen LogP contribution in [0.25, 0.3) is 0 Å². The Kier molecular flexibility index (Phi) is 5.83. The standard InChI is InChI=1S/C12H10BrClF6O/c1-2-21-6-3-4-7(8(13)5-6)9(14)10(11(15,16)17)12(18,19)20/h3-5,9-10H,2H2,1H3. The van der Waals surface area contributed by atoms with Gasteiger partial charge >= 0.3 is 12.4 Å². The van der Waals surface area contributed by atoms with Crippen molar-refractivity contribution in [2.24, 2.45) is 5.92 Å². The van der Waals surface area contributed by atoms with E-state index < -0.39 is 23.6 Å². The molecule has 0 fully saturated rings. The average molecular weight is 400 g/mol. The number of rotatable bonds is 4. The largest absolute Gasteiger partial charge is 0.494 e. The zero-order valence-corrected chi connectivity index (χ0v) is 12.9. The van der Waals surface area contributed by atoms with Crippen LogP contribution in [0.2, 0.25) is 0 Å². The Morgan fingerprint density at radius 3 is 2.05 bits per heavy atom. The van der Waals surface area contributed by atoms with Crippen molar-refractivity contribution in [1.82, 2.24) is 0 Å². The normalized spacial score (nSPS) is 14.4. The minimum absolute atomic E-state index is 0.0203. The van der Waals surface area contributed by atoms with Gasteiger partial charge in [0.05, 0.1) is 12.0 Å². The molecule has 1 atom stereocenters. The molecule has 0 spiro atoms. The highest BCUT2D eigenvalue weighted by atomic mass is 79.9. The Labute approximate surface area is 130 Å². The van der Waals surface area contributed by atoms with Crippen molar-refractivity contribution in [1.29, 1.82) is 0 Å². The minimum Gasteiger partial charge on any atom is -0.494 e. The molecule has 0 heterocycles. The Hall–Kier alpha value is -0.630. The topological polar surface area (TPSA) is 9.23 Å². The smallest absolute Gasteiger partial charge is 0.402 e. The molecule has 1 aromatic rings. The third-order valence-corrected chi connectivity index (χ3v) is 3.75. The lowest BCUT2D eigenvalue weighted by Crippen LogP contribution is -2.39. The van der Waals surface area contributed by atoms with Gasteiger partial charge in [-0.1, -0.05) is 22.0 Å². The monoisotopic (exact) mass is 398 g/mol. The summed E-state index contributed by atoms with van der Waals surface area (Å²) in [6.45, 7) is 2.00. The molecule has 0 aliphatic carbocycles. The Balaban J connectivity index is 3.19. The molecule has 0 aliphatic heterocycles. The van der Waals surface area contributed by atoms with Crippen LogP contribution in [0.4, 0.5) is 26.3 Å². The molecule has 0 aliphatic rings. The molecule has 1 unspecified atom stereocenters. The quantitative estimate of drug-likeness (QED) is 0.455. The summed E-state index contributed by atoms with van der Waals surface area (Å²) in [5, 5.41) is -2.30. The van der Waals surface area contributed by atoms with Crippen LogP contribution in [0.3, 0.4) is 0 Å². The van der Waals surface area contributed by atoms with E-state index in [1.54, 1.807) is 6.92 Å². The highest BCUT2D eigenvalue weighted by molar-refractivity contribution is 9.10. The molecule has 21 heavy (non-hydrogen) atoms. The maximum atomic E-state index is 12.6. The number of alkyl halides is 7. The van der Waals surface area contributed by atoms with E-state index in [9.17, 15) is 26.3 Å². The maximum absolute atomic E-state index is 12.6. The first-order valence-corrected chi connectivity index (χ1v) is 6.91. The summed E-state index contributed by atoms with van der Waals surface area (Å²) < 4.78 is 81.0. The van der Waals surface area contributed by atoms with E-state index >= 15 is 0 Å². The zero-order valence-electron chi connectivity index (χ0n) is 10.5. The predicted octanol–water partition coefficient (Wildman–Crippen LogP) is 5.87. The van der Waals surface area contributed by atoms with Gasteiger partial charge in [-0.2, -0.15) is 26.3 Å². The third kappa shape index (κ3) is 4.67. The van der Waals surface area contributed by atoms with Gasteiger partial charge in [-0.3, -0.25) is 0 Å². The summed E-state index contributed by atoms with van der Waals surface area (Å²) in [6, 6.07) is 3.62. The summed E-state index contributed by atoms with van der Waals surface area (Å²) in [6.07, 6.45) is -11.0. The van der Waals surface area contributed by atoms with Gasteiger partial charge in [-0.25, -0.2) is 0 Å². The average Bonchev–Trinajstić information content (AvgIpc) is 2.25. The van der Waals surface area contributed by atoms with Crippen LogP contribution in [0.15, 0.2) is 22.7 Å². The fourth-order valence-corrected chi connectivity index (χ4v) is 2.90. The first kappa shape index (κ1) is 18.4. The fourth-order valence-electron chi connectivity index (χ4n) is 1.68. The summed E-state index contributed by atoms with van der Waals surface area (Å²) in [5.74, 6) is -3.34. The molecule has 0 amide bonds. The molecular formula is C12H10BrClF6O. The molecule has 0 N–H and O–H groups in total. The highest BCUT2D eigenvalue weighted by Gasteiger charge is 2.60. The second kappa shape index (κ2) is 6.64. The van der Waals surface area contributed by atoms with Gasteiger partial charge in [-0.15, -0.1) is 11.6 Å². The van der Waals surface area contributed by atoms with Crippen molar-refractivity contribution in [2.75, 3.05) is 6.61 Å². The van der Waals surface area contributed by atoms with Crippen LogP contribution < -0.4 is 4.74 Å². The van der Waals surface area contributed by atoms with Crippen LogP contribution in [-0.4, -0.2) is 19.0 Å². The van der Waals surface area contributed by atoms with E-state index in [4.69, 9.17) is 16.3 Å².